The van der Waals surface area contributed by atoms with Crippen LogP contribution in [0.1, 0.15) is 63.7 Å². The van der Waals surface area contributed by atoms with E-state index < -0.39 is 17.7 Å². The van der Waals surface area contributed by atoms with Crippen LogP contribution in [0.4, 0.5) is 10.6 Å². The van der Waals surface area contributed by atoms with Gasteiger partial charge in [-0.15, -0.1) is 0 Å². The Bertz CT molecular complexity index is 767. The molecule has 1 amide bonds. The van der Waals surface area contributed by atoms with Crippen LogP contribution < -0.4 is 10.4 Å². The van der Waals surface area contributed by atoms with E-state index in [9.17, 15) is 9.59 Å². The number of hydrogen-bond acceptors (Lipinski definition) is 8. The van der Waals surface area contributed by atoms with Crippen LogP contribution in [-0.4, -0.2) is 46.5 Å². The van der Waals surface area contributed by atoms with E-state index in [0.29, 0.717) is 22.8 Å². The van der Waals surface area contributed by atoms with Gasteiger partial charge in [0.2, 0.25) is 0 Å². The van der Waals surface area contributed by atoms with Gasteiger partial charge in [0.15, 0.2) is 11.0 Å². The van der Waals surface area contributed by atoms with E-state index in [2.05, 4.69) is 15.4 Å². The molecule has 1 heterocycles. The standard InChI is InChI=1S/C20H30N4O4S/c1-6-27-17(25)14-11-21-18(29-5)22-16(14)24(23-19(26)28-20(2,3)4)15-10-12-7-8-13(15)9-12/h11-13,15H,6-10H2,1-5H3,(H,23,26)/t12-,13+,15+/m1/s1. The predicted octanol–water partition coefficient (Wildman–Crippen LogP) is 3.81. The molecule has 2 bridgehead atoms. The number of esters is 1. The number of nitrogens with one attached hydrogen (secondary N) is 1. The number of anilines is 1. The summed E-state index contributed by atoms with van der Waals surface area (Å²) in [5.74, 6) is 0.944. The van der Waals surface area contributed by atoms with Crippen LogP contribution in [0.2, 0.25) is 0 Å². The first-order chi connectivity index (χ1) is 13.7. The first-order valence-electron chi connectivity index (χ1n) is 10.1. The molecule has 9 heteroatoms. The third-order valence-corrected chi connectivity index (χ3v) is 5.86. The van der Waals surface area contributed by atoms with Gasteiger partial charge in [0.05, 0.1) is 12.6 Å². The Morgan fingerprint density at radius 2 is 2.07 bits per heavy atom. The zero-order chi connectivity index (χ0) is 21.2. The minimum atomic E-state index is -0.634. The van der Waals surface area contributed by atoms with Crippen molar-refractivity contribution in [2.45, 2.75) is 70.2 Å². The van der Waals surface area contributed by atoms with Crippen molar-refractivity contribution in [3.63, 3.8) is 0 Å². The van der Waals surface area contributed by atoms with Gasteiger partial charge in [-0.05, 0) is 65.0 Å². The fourth-order valence-electron chi connectivity index (χ4n) is 4.21. The average molecular weight is 423 g/mol. The van der Waals surface area contributed by atoms with Crippen molar-refractivity contribution in [1.82, 2.24) is 15.4 Å². The molecule has 160 valence electrons. The smallest absolute Gasteiger partial charge is 0.426 e. The first kappa shape index (κ1) is 21.7. The summed E-state index contributed by atoms with van der Waals surface area (Å²) < 4.78 is 10.7. The first-order valence-corrected chi connectivity index (χ1v) is 11.3. The summed E-state index contributed by atoms with van der Waals surface area (Å²) >= 11 is 1.38. The highest BCUT2D eigenvalue weighted by atomic mass is 32.2. The molecule has 1 N–H and O–H groups in total. The Kier molecular flexibility index (Phi) is 6.55. The third kappa shape index (κ3) is 5.12. The molecule has 3 rings (SSSR count). The normalized spacial score (nSPS) is 23.0. The predicted molar refractivity (Wildman–Crippen MR) is 111 cm³/mol. The highest BCUT2D eigenvalue weighted by molar-refractivity contribution is 7.98. The molecule has 0 aromatic carbocycles. The highest BCUT2D eigenvalue weighted by Crippen LogP contribution is 2.47. The number of fused-ring (bicyclic) bond motifs is 2. The zero-order valence-electron chi connectivity index (χ0n) is 17.7. The molecule has 0 spiro atoms. The minimum Gasteiger partial charge on any atom is -0.462 e. The second kappa shape index (κ2) is 8.77. The summed E-state index contributed by atoms with van der Waals surface area (Å²) in [5, 5.41) is 2.25. The number of aromatic nitrogens is 2. The molecule has 2 fully saturated rings. The number of carbonyl (C=O) groups excluding carboxylic acids is 2. The molecule has 2 saturated carbocycles. The van der Waals surface area contributed by atoms with E-state index in [1.54, 1.807) is 11.9 Å². The summed E-state index contributed by atoms with van der Waals surface area (Å²) in [5.41, 5.74) is 2.48. The Hall–Kier alpha value is -2.03. The second-order valence-corrected chi connectivity index (χ2v) is 9.31. The van der Waals surface area contributed by atoms with E-state index in [1.807, 2.05) is 27.0 Å². The molecule has 2 aliphatic rings. The Morgan fingerprint density at radius 1 is 1.31 bits per heavy atom. The lowest BCUT2D eigenvalue weighted by Gasteiger charge is -2.36. The number of hydrogen-bond donors (Lipinski definition) is 1. The maximum atomic E-state index is 12.6. The van der Waals surface area contributed by atoms with Gasteiger partial charge in [0, 0.05) is 6.20 Å². The van der Waals surface area contributed by atoms with Gasteiger partial charge >= 0.3 is 12.1 Å². The average Bonchev–Trinajstić information content (AvgIpc) is 3.28. The molecule has 0 saturated heterocycles. The van der Waals surface area contributed by atoms with E-state index in [1.165, 1.54) is 24.4 Å². The van der Waals surface area contributed by atoms with Crippen LogP contribution in [0, 0.1) is 11.8 Å². The molecule has 8 nitrogen and oxygen atoms in total. The van der Waals surface area contributed by atoms with Gasteiger partial charge in [-0.2, -0.15) is 0 Å². The largest absolute Gasteiger partial charge is 0.462 e. The number of ether oxygens (including phenoxy) is 2. The summed E-state index contributed by atoms with van der Waals surface area (Å²) in [6.45, 7) is 7.44. The van der Waals surface area contributed by atoms with Gasteiger partial charge in [-0.3, -0.25) is 5.01 Å². The minimum absolute atomic E-state index is 0.0547. The van der Waals surface area contributed by atoms with Crippen molar-refractivity contribution >= 4 is 29.6 Å². The van der Waals surface area contributed by atoms with Crippen LogP contribution in [0.15, 0.2) is 11.4 Å². The molecule has 1 aromatic heterocycles. The monoisotopic (exact) mass is 422 g/mol. The third-order valence-electron chi connectivity index (χ3n) is 5.30. The molecular weight excluding hydrogens is 392 g/mol. The van der Waals surface area contributed by atoms with Crippen molar-refractivity contribution in [3.05, 3.63) is 11.8 Å². The molecule has 3 atom stereocenters. The second-order valence-electron chi connectivity index (χ2n) is 8.54. The van der Waals surface area contributed by atoms with Crippen LogP contribution in [0.3, 0.4) is 0 Å². The number of nitrogens with zero attached hydrogens (tertiary/aromatic N) is 3. The Balaban J connectivity index is 1.98. The Labute approximate surface area is 176 Å². The van der Waals surface area contributed by atoms with Crippen molar-refractivity contribution in [1.29, 1.82) is 0 Å². The van der Waals surface area contributed by atoms with Crippen molar-refractivity contribution < 1.29 is 19.1 Å². The Morgan fingerprint density at radius 3 is 2.62 bits per heavy atom. The number of thioether (sulfide) groups is 1. The zero-order valence-corrected chi connectivity index (χ0v) is 18.5. The van der Waals surface area contributed by atoms with E-state index in [0.717, 1.165) is 19.3 Å². The summed E-state index contributed by atoms with van der Waals surface area (Å²) in [4.78, 5) is 34.0. The van der Waals surface area contributed by atoms with Gasteiger partial charge in [-0.1, -0.05) is 18.2 Å². The lowest BCUT2D eigenvalue weighted by Crippen LogP contribution is -2.53. The molecule has 0 radical (unpaired) electrons. The van der Waals surface area contributed by atoms with Gasteiger partial charge in [-0.25, -0.2) is 25.0 Å². The SMILES string of the molecule is CCOC(=O)c1cnc(SC)nc1N(NC(=O)OC(C)(C)C)[C@H]1C[C@@H]2CC[C@H]1C2. The van der Waals surface area contributed by atoms with Crippen LogP contribution >= 0.6 is 11.8 Å². The van der Waals surface area contributed by atoms with Crippen molar-refractivity contribution in [2.24, 2.45) is 11.8 Å². The molecule has 0 unspecified atom stereocenters. The van der Waals surface area contributed by atoms with Crippen LogP contribution in [0.5, 0.6) is 0 Å². The van der Waals surface area contributed by atoms with Gasteiger partial charge in [0.25, 0.3) is 0 Å². The van der Waals surface area contributed by atoms with Crippen molar-refractivity contribution in [2.75, 3.05) is 17.9 Å². The maximum absolute atomic E-state index is 12.6. The highest BCUT2D eigenvalue weighted by Gasteiger charge is 2.44. The van der Waals surface area contributed by atoms with E-state index in [4.69, 9.17) is 9.47 Å². The molecule has 29 heavy (non-hydrogen) atoms. The number of rotatable bonds is 6. The lowest BCUT2D eigenvalue weighted by molar-refractivity contribution is 0.0493. The number of hydrazine groups is 1. The maximum Gasteiger partial charge on any atom is 0.426 e. The number of carbonyl (C=O) groups is 2. The number of amides is 1. The van der Waals surface area contributed by atoms with Gasteiger partial charge in [0.1, 0.15) is 11.2 Å². The fourth-order valence-corrected chi connectivity index (χ4v) is 4.55. The van der Waals surface area contributed by atoms with Gasteiger partial charge < -0.3 is 9.47 Å². The van der Waals surface area contributed by atoms with Crippen molar-refractivity contribution in [3.8, 4) is 0 Å². The molecule has 0 aliphatic heterocycles. The molecule has 1 aromatic rings. The summed E-state index contributed by atoms with van der Waals surface area (Å²) in [6.07, 6.45) is 7.17. The fraction of sp³-hybridized carbons (Fsp3) is 0.700. The topological polar surface area (TPSA) is 93.6 Å². The molecular formula is C20H30N4O4S. The van der Waals surface area contributed by atoms with Crippen LogP contribution in [0.25, 0.3) is 0 Å². The summed E-state index contributed by atoms with van der Waals surface area (Å²) in [7, 11) is 0. The lowest BCUT2D eigenvalue weighted by atomic mass is 9.94. The molecule has 2 aliphatic carbocycles. The quantitative estimate of drug-likeness (QED) is 0.320. The van der Waals surface area contributed by atoms with Crippen LogP contribution in [-0.2, 0) is 9.47 Å². The van der Waals surface area contributed by atoms with E-state index in [-0.39, 0.29) is 18.2 Å². The summed E-state index contributed by atoms with van der Waals surface area (Å²) in [6, 6.07) is 0.0547. The van der Waals surface area contributed by atoms with E-state index >= 15 is 0 Å².